The molecule has 166 valence electrons. The molecule has 2 unspecified atom stereocenters. The third-order valence-corrected chi connectivity index (χ3v) is 9.27. The van der Waals surface area contributed by atoms with Gasteiger partial charge in [0.05, 0.1) is 10.5 Å². The number of thiophene rings is 1. The molecule has 3 N–H and O–H groups in total. The number of hydrogen-bond acceptors (Lipinski definition) is 5. The number of rotatable bonds is 5. The first-order valence-corrected chi connectivity index (χ1v) is 12.8. The maximum Gasteiger partial charge on any atom is 0.251 e. The molecular formula is C21H24ClN3O4S2. The highest BCUT2D eigenvalue weighted by Crippen LogP contribution is 2.40. The molecule has 0 radical (unpaired) electrons. The van der Waals surface area contributed by atoms with Crippen molar-refractivity contribution in [1.29, 1.82) is 0 Å². The van der Waals surface area contributed by atoms with Crippen LogP contribution in [0.4, 0.5) is 5.00 Å². The number of nitrogens with zero attached hydrogens (tertiary/aromatic N) is 1. The third-order valence-electron chi connectivity index (χ3n) is 5.92. The Morgan fingerprint density at radius 2 is 1.94 bits per heavy atom. The molecular weight excluding hydrogens is 458 g/mol. The van der Waals surface area contributed by atoms with Crippen LogP contribution in [0.2, 0.25) is 5.02 Å². The Bertz CT molecular complexity index is 1130. The van der Waals surface area contributed by atoms with Crippen LogP contribution in [0.25, 0.3) is 0 Å². The number of nitrogens with two attached hydrogens (primary N) is 1. The largest absolute Gasteiger partial charge is 0.365 e. The molecule has 1 saturated heterocycles. The van der Waals surface area contributed by atoms with Crippen LogP contribution in [0.15, 0.2) is 29.2 Å². The minimum atomic E-state index is -3.85. The highest BCUT2D eigenvalue weighted by Gasteiger charge is 2.40. The fourth-order valence-corrected chi connectivity index (χ4v) is 7.53. The fourth-order valence-electron chi connectivity index (χ4n) is 4.33. The van der Waals surface area contributed by atoms with Crippen molar-refractivity contribution in [3.05, 3.63) is 45.3 Å². The molecule has 2 amide bonds. The maximum atomic E-state index is 13.1. The molecule has 0 saturated carbocycles. The van der Waals surface area contributed by atoms with Crippen molar-refractivity contribution in [2.45, 2.75) is 50.0 Å². The number of nitrogens with one attached hydrogen (secondary N) is 1. The molecule has 2 aromatic rings. The first-order chi connectivity index (χ1) is 14.7. The van der Waals surface area contributed by atoms with Gasteiger partial charge in [-0.2, -0.15) is 4.31 Å². The Balaban J connectivity index is 1.60. The lowest BCUT2D eigenvalue weighted by molar-refractivity contribution is -0.119. The van der Waals surface area contributed by atoms with E-state index in [0.29, 0.717) is 34.3 Å². The smallest absolute Gasteiger partial charge is 0.251 e. The summed E-state index contributed by atoms with van der Waals surface area (Å²) >= 11 is 7.25. The number of benzene rings is 1. The number of carbonyl (C=O) groups excluding carboxylic acids is 2. The number of halogens is 1. The second-order valence-corrected chi connectivity index (χ2v) is 11.6. The van der Waals surface area contributed by atoms with Crippen molar-refractivity contribution >= 4 is 49.8 Å². The van der Waals surface area contributed by atoms with Crippen molar-refractivity contribution in [3.63, 3.8) is 0 Å². The zero-order valence-electron chi connectivity index (χ0n) is 17.1. The van der Waals surface area contributed by atoms with E-state index < -0.39 is 27.9 Å². The van der Waals surface area contributed by atoms with Gasteiger partial charge in [0, 0.05) is 16.4 Å². The molecule has 0 spiro atoms. The Hall–Kier alpha value is -1.94. The van der Waals surface area contributed by atoms with Gasteiger partial charge in [0.1, 0.15) is 11.0 Å². The number of sulfonamides is 1. The lowest BCUT2D eigenvalue weighted by Crippen LogP contribution is -2.43. The van der Waals surface area contributed by atoms with E-state index in [1.54, 1.807) is 0 Å². The highest BCUT2D eigenvalue weighted by atomic mass is 35.5. The van der Waals surface area contributed by atoms with Crippen LogP contribution in [0.3, 0.4) is 0 Å². The minimum absolute atomic E-state index is 0.0926. The summed E-state index contributed by atoms with van der Waals surface area (Å²) in [5.74, 6) is -0.506. The Labute approximate surface area is 190 Å². The number of fused-ring (bicyclic) bond motifs is 1. The van der Waals surface area contributed by atoms with Crippen molar-refractivity contribution in [2.24, 2.45) is 11.7 Å². The van der Waals surface area contributed by atoms with Crippen LogP contribution in [-0.4, -0.2) is 37.1 Å². The highest BCUT2D eigenvalue weighted by molar-refractivity contribution is 7.89. The Morgan fingerprint density at radius 3 is 2.61 bits per heavy atom. The molecule has 31 heavy (non-hydrogen) atoms. The van der Waals surface area contributed by atoms with Crippen LogP contribution in [0.1, 0.15) is 47.0 Å². The van der Waals surface area contributed by atoms with E-state index in [2.05, 4.69) is 12.2 Å². The third kappa shape index (κ3) is 4.24. The van der Waals surface area contributed by atoms with Crippen LogP contribution in [0, 0.1) is 5.92 Å². The summed E-state index contributed by atoms with van der Waals surface area (Å²) in [6.45, 7) is 2.41. The van der Waals surface area contributed by atoms with Crippen LogP contribution in [-0.2, 0) is 27.7 Å². The zero-order chi connectivity index (χ0) is 22.3. The van der Waals surface area contributed by atoms with E-state index >= 15 is 0 Å². The van der Waals surface area contributed by atoms with Crippen molar-refractivity contribution < 1.29 is 18.0 Å². The SMILES string of the molecule is CC1CCc2c(sc(NC(=O)C3CCCN3S(=O)(=O)c3ccc(Cl)cc3)c2C(N)=O)C1. The van der Waals surface area contributed by atoms with Crippen molar-refractivity contribution in [1.82, 2.24) is 4.31 Å². The number of carbonyl (C=O) groups is 2. The van der Waals surface area contributed by atoms with Crippen molar-refractivity contribution in [2.75, 3.05) is 11.9 Å². The van der Waals surface area contributed by atoms with E-state index in [1.807, 2.05) is 0 Å². The molecule has 1 aromatic heterocycles. The van der Waals surface area contributed by atoms with Crippen LogP contribution in [0.5, 0.6) is 0 Å². The molecule has 1 aliphatic heterocycles. The van der Waals surface area contributed by atoms with Crippen LogP contribution < -0.4 is 11.1 Å². The second kappa shape index (κ2) is 8.54. The minimum Gasteiger partial charge on any atom is -0.365 e. The van der Waals surface area contributed by atoms with E-state index in [0.717, 1.165) is 29.7 Å². The monoisotopic (exact) mass is 481 g/mol. The molecule has 1 aromatic carbocycles. The molecule has 1 fully saturated rings. The van der Waals surface area contributed by atoms with Gasteiger partial charge in [-0.25, -0.2) is 8.42 Å². The van der Waals surface area contributed by atoms with Gasteiger partial charge in [-0.15, -0.1) is 11.3 Å². The fraction of sp³-hybridized carbons (Fsp3) is 0.429. The van der Waals surface area contributed by atoms with Gasteiger partial charge in [0.15, 0.2) is 0 Å². The number of hydrogen-bond donors (Lipinski definition) is 2. The molecule has 1 aliphatic carbocycles. The average Bonchev–Trinajstić information content (AvgIpc) is 3.33. The summed E-state index contributed by atoms with van der Waals surface area (Å²) in [4.78, 5) is 26.4. The molecule has 4 rings (SSSR count). The predicted molar refractivity (Wildman–Crippen MR) is 121 cm³/mol. The van der Waals surface area contributed by atoms with Gasteiger partial charge in [0.2, 0.25) is 15.9 Å². The second-order valence-electron chi connectivity index (χ2n) is 8.14. The lowest BCUT2D eigenvalue weighted by atomic mass is 9.88. The average molecular weight is 482 g/mol. The van der Waals surface area contributed by atoms with E-state index in [-0.39, 0.29) is 11.4 Å². The van der Waals surface area contributed by atoms with Gasteiger partial charge in [-0.3, -0.25) is 9.59 Å². The number of primary amides is 1. The van der Waals surface area contributed by atoms with E-state index in [4.69, 9.17) is 17.3 Å². The molecule has 0 bridgehead atoms. The molecule has 2 heterocycles. The standard InChI is InChI=1S/C21H24ClN3O4S2/c1-12-4-9-15-17(11-12)30-21(18(15)19(23)26)24-20(27)16-3-2-10-25(16)31(28,29)14-7-5-13(22)6-8-14/h5-8,12,16H,2-4,9-11H2,1H3,(H2,23,26)(H,24,27). The van der Waals surface area contributed by atoms with Gasteiger partial charge in [-0.05, 0) is 67.9 Å². The topological polar surface area (TPSA) is 110 Å². The van der Waals surface area contributed by atoms with Gasteiger partial charge < -0.3 is 11.1 Å². The summed E-state index contributed by atoms with van der Waals surface area (Å²) in [6, 6.07) is 5.04. The summed E-state index contributed by atoms with van der Waals surface area (Å²) in [5.41, 5.74) is 6.92. The molecule has 2 aliphatic rings. The lowest BCUT2D eigenvalue weighted by Gasteiger charge is -2.23. The number of anilines is 1. The summed E-state index contributed by atoms with van der Waals surface area (Å²) in [6.07, 6.45) is 3.55. The number of amides is 2. The summed E-state index contributed by atoms with van der Waals surface area (Å²) in [5, 5.41) is 3.68. The molecule has 7 nitrogen and oxygen atoms in total. The summed E-state index contributed by atoms with van der Waals surface area (Å²) < 4.78 is 27.5. The zero-order valence-corrected chi connectivity index (χ0v) is 19.4. The van der Waals surface area contributed by atoms with Gasteiger partial charge >= 0.3 is 0 Å². The first-order valence-electron chi connectivity index (χ1n) is 10.2. The normalized spacial score (nSPS) is 21.6. The maximum absolute atomic E-state index is 13.1. The van der Waals surface area contributed by atoms with Crippen LogP contribution >= 0.6 is 22.9 Å². The molecule has 10 heteroatoms. The first kappa shape index (κ1) is 22.3. The summed E-state index contributed by atoms with van der Waals surface area (Å²) in [7, 11) is -3.85. The quantitative estimate of drug-likeness (QED) is 0.681. The van der Waals surface area contributed by atoms with E-state index in [1.165, 1.54) is 39.9 Å². The predicted octanol–water partition coefficient (Wildman–Crippen LogP) is 3.42. The van der Waals surface area contributed by atoms with Gasteiger partial charge in [-0.1, -0.05) is 18.5 Å². The van der Waals surface area contributed by atoms with Crippen molar-refractivity contribution in [3.8, 4) is 0 Å². The molecule has 2 atom stereocenters. The van der Waals surface area contributed by atoms with E-state index in [9.17, 15) is 18.0 Å². The Morgan fingerprint density at radius 1 is 1.23 bits per heavy atom. The Kier molecular flexibility index (Phi) is 6.13. The van der Waals surface area contributed by atoms with Gasteiger partial charge in [0.25, 0.3) is 5.91 Å².